The summed E-state index contributed by atoms with van der Waals surface area (Å²) in [6.45, 7) is 6.19. The minimum atomic E-state index is 0.729. The standard InChI is InChI=1S/C5H9N3.C3H8/c1-3-5(7-2)8-4-6;1-3-2/h3H2,1-2H3,(H,7,8);3H2,1-2H3. The van der Waals surface area contributed by atoms with Gasteiger partial charge in [-0.1, -0.05) is 27.2 Å². The van der Waals surface area contributed by atoms with Crippen molar-refractivity contribution in [1.82, 2.24) is 5.32 Å². The van der Waals surface area contributed by atoms with Crippen molar-refractivity contribution in [3.05, 3.63) is 0 Å². The molecule has 3 nitrogen and oxygen atoms in total. The average Bonchev–Trinajstić information content (AvgIpc) is 2.02. The molecule has 64 valence electrons. The molecule has 0 spiro atoms. The van der Waals surface area contributed by atoms with Gasteiger partial charge in [-0.25, -0.2) is 0 Å². The summed E-state index contributed by atoms with van der Waals surface area (Å²) in [6, 6.07) is 0. The van der Waals surface area contributed by atoms with Crippen molar-refractivity contribution in [3.63, 3.8) is 0 Å². The van der Waals surface area contributed by atoms with Crippen LogP contribution in [0, 0.1) is 11.5 Å². The molecular formula is C8H17N3. The minimum absolute atomic E-state index is 0.729. The van der Waals surface area contributed by atoms with Gasteiger partial charge in [0.2, 0.25) is 0 Å². The van der Waals surface area contributed by atoms with E-state index in [-0.39, 0.29) is 0 Å². The van der Waals surface area contributed by atoms with Crippen molar-refractivity contribution >= 4 is 5.84 Å². The highest BCUT2D eigenvalue weighted by Gasteiger charge is 1.86. The third kappa shape index (κ3) is 12.2. The van der Waals surface area contributed by atoms with E-state index in [2.05, 4.69) is 24.2 Å². The Bertz CT molecular complexity index is 133. The second kappa shape index (κ2) is 11.7. The topological polar surface area (TPSA) is 48.2 Å². The first kappa shape index (κ1) is 12.6. The summed E-state index contributed by atoms with van der Waals surface area (Å²) in [6.07, 6.45) is 3.82. The average molecular weight is 155 g/mol. The van der Waals surface area contributed by atoms with Crippen LogP contribution in [0.25, 0.3) is 0 Å². The summed E-state index contributed by atoms with van der Waals surface area (Å²) in [5.74, 6) is 0.729. The molecule has 0 aliphatic heterocycles. The number of rotatable bonds is 1. The van der Waals surface area contributed by atoms with Gasteiger partial charge in [-0.3, -0.25) is 10.3 Å². The van der Waals surface area contributed by atoms with E-state index < -0.39 is 0 Å². The van der Waals surface area contributed by atoms with Gasteiger partial charge in [0.15, 0.2) is 6.19 Å². The van der Waals surface area contributed by atoms with E-state index in [0.717, 1.165) is 12.3 Å². The largest absolute Gasteiger partial charge is 0.281 e. The smallest absolute Gasteiger partial charge is 0.182 e. The molecule has 0 unspecified atom stereocenters. The molecule has 0 rings (SSSR count). The van der Waals surface area contributed by atoms with Gasteiger partial charge < -0.3 is 0 Å². The maximum Gasteiger partial charge on any atom is 0.182 e. The van der Waals surface area contributed by atoms with Crippen LogP contribution in [0.5, 0.6) is 0 Å². The van der Waals surface area contributed by atoms with E-state index in [1.54, 1.807) is 13.2 Å². The Morgan fingerprint density at radius 2 is 1.91 bits per heavy atom. The van der Waals surface area contributed by atoms with Gasteiger partial charge in [-0.05, 0) is 0 Å². The molecule has 0 amide bonds. The molecule has 0 heterocycles. The van der Waals surface area contributed by atoms with Crippen molar-refractivity contribution in [2.75, 3.05) is 7.05 Å². The second-order valence-electron chi connectivity index (χ2n) is 1.97. The number of aliphatic imine (C=N–C) groups is 1. The van der Waals surface area contributed by atoms with Gasteiger partial charge in [0.25, 0.3) is 0 Å². The molecule has 0 aliphatic carbocycles. The lowest BCUT2D eigenvalue weighted by atomic mass is 10.4. The zero-order valence-corrected chi connectivity index (χ0v) is 7.81. The summed E-state index contributed by atoms with van der Waals surface area (Å²) >= 11 is 0. The number of amidine groups is 1. The van der Waals surface area contributed by atoms with E-state index in [0.29, 0.717) is 0 Å². The third-order valence-electron chi connectivity index (χ3n) is 0.805. The molecule has 0 fully saturated rings. The molecule has 0 aromatic heterocycles. The molecule has 0 bridgehead atoms. The molecule has 0 saturated carbocycles. The molecule has 3 heteroatoms. The van der Waals surface area contributed by atoms with Crippen molar-refractivity contribution in [2.24, 2.45) is 4.99 Å². The number of hydrogen-bond acceptors (Lipinski definition) is 2. The zero-order chi connectivity index (χ0) is 9.11. The quantitative estimate of drug-likeness (QED) is 0.272. The second-order valence-corrected chi connectivity index (χ2v) is 1.97. The van der Waals surface area contributed by atoms with E-state index in [4.69, 9.17) is 5.26 Å². The first-order valence-corrected chi connectivity index (χ1v) is 3.87. The lowest BCUT2D eigenvalue weighted by Crippen LogP contribution is -2.15. The first-order valence-electron chi connectivity index (χ1n) is 3.87. The fourth-order valence-electron chi connectivity index (χ4n) is 0.367. The fraction of sp³-hybridized carbons (Fsp3) is 0.750. The first-order chi connectivity index (χ1) is 5.26. The number of nitriles is 1. The predicted molar refractivity (Wildman–Crippen MR) is 48.4 cm³/mol. The Kier molecular flexibility index (Phi) is 13.4. The van der Waals surface area contributed by atoms with Crippen molar-refractivity contribution in [3.8, 4) is 6.19 Å². The Morgan fingerprint density at radius 3 is 2.00 bits per heavy atom. The van der Waals surface area contributed by atoms with Crippen LogP contribution < -0.4 is 5.32 Å². The predicted octanol–water partition coefficient (Wildman–Crippen LogP) is 1.91. The van der Waals surface area contributed by atoms with Gasteiger partial charge in [0.05, 0.1) is 0 Å². The van der Waals surface area contributed by atoms with Gasteiger partial charge in [-0.2, -0.15) is 5.26 Å². The highest BCUT2D eigenvalue weighted by Crippen LogP contribution is 1.76. The number of nitrogens with zero attached hydrogens (tertiary/aromatic N) is 2. The SMILES string of the molecule is CCC.CCC(=NC)NC#N. The van der Waals surface area contributed by atoms with Crippen molar-refractivity contribution in [1.29, 1.82) is 5.26 Å². The molecule has 0 saturated heterocycles. The molecule has 0 radical (unpaired) electrons. The number of hydrogen-bond donors (Lipinski definition) is 1. The molecule has 0 aromatic carbocycles. The van der Waals surface area contributed by atoms with Crippen LogP contribution in [-0.2, 0) is 0 Å². The normalized spacial score (nSPS) is 9.18. The van der Waals surface area contributed by atoms with Crippen LogP contribution in [0.15, 0.2) is 4.99 Å². The molecule has 0 aromatic rings. The Labute approximate surface area is 69.1 Å². The molecule has 0 aliphatic rings. The Balaban J connectivity index is 0. The highest BCUT2D eigenvalue weighted by molar-refractivity contribution is 5.82. The summed E-state index contributed by atoms with van der Waals surface area (Å²) in [5, 5.41) is 10.5. The number of nitrogens with one attached hydrogen (secondary N) is 1. The van der Waals surface area contributed by atoms with E-state index in [9.17, 15) is 0 Å². The summed E-state index contributed by atoms with van der Waals surface area (Å²) in [7, 11) is 1.66. The van der Waals surface area contributed by atoms with Gasteiger partial charge in [0, 0.05) is 13.5 Å². The van der Waals surface area contributed by atoms with Crippen LogP contribution in [-0.4, -0.2) is 12.9 Å². The van der Waals surface area contributed by atoms with Crippen LogP contribution in [0.2, 0.25) is 0 Å². The van der Waals surface area contributed by atoms with Crippen LogP contribution in [0.1, 0.15) is 33.6 Å². The van der Waals surface area contributed by atoms with Gasteiger partial charge in [-0.15, -0.1) is 0 Å². The van der Waals surface area contributed by atoms with Gasteiger partial charge in [0.1, 0.15) is 5.84 Å². The van der Waals surface area contributed by atoms with Crippen molar-refractivity contribution in [2.45, 2.75) is 33.6 Å². The fourth-order valence-corrected chi connectivity index (χ4v) is 0.367. The van der Waals surface area contributed by atoms with E-state index in [1.165, 1.54) is 6.42 Å². The highest BCUT2D eigenvalue weighted by atomic mass is 15.0. The van der Waals surface area contributed by atoms with Crippen LogP contribution >= 0.6 is 0 Å². The van der Waals surface area contributed by atoms with E-state index >= 15 is 0 Å². The minimum Gasteiger partial charge on any atom is -0.281 e. The lowest BCUT2D eigenvalue weighted by molar-refractivity contribution is 1.09. The Hall–Kier alpha value is -1.04. The third-order valence-corrected chi connectivity index (χ3v) is 0.805. The van der Waals surface area contributed by atoms with Gasteiger partial charge >= 0.3 is 0 Å². The summed E-state index contributed by atoms with van der Waals surface area (Å²) < 4.78 is 0. The zero-order valence-electron chi connectivity index (χ0n) is 7.81. The maximum absolute atomic E-state index is 8.06. The lowest BCUT2D eigenvalue weighted by Gasteiger charge is -1.93. The Morgan fingerprint density at radius 1 is 1.45 bits per heavy atom. The van der Waals surface area contributed by atoms with Crippen LogP contribution in [0.3, 0.4) is 0 Å². The molecule has 0 atom stereocenters. The molecule has 11 heavy (non-hydrogen) atoms. The summed E-state index contributed by atoms with van der Waals surface area (Å²) in [5.41, 5.74) is 0. The van der Waals surface area contributed by atoms with Crippen LogP contribution in [0.4, 0.5) is 0 Å². The van der Waals surface area contributed by atoms with Crippen molar-refractivity contribution < 1.29 is 0 Å². The molecule has 1 N–H and O–H groups in total. The monoisotopic (exact) mass is 155 g/mol. The van der Waals surface area contributed by atoms with E-state index in [1.807, 2.05) is 6.92 Å². The summed E-state index contributed by atoms with van der Waals surface area (Å²) in [4.78, 5) is 3.78. The maximum atomic E-state index is 8.06. The molecular weight excluding hydrogens is 138 g/mol.